The van der Waals surface area contributed by atoms with E-state index in [2.05, 4.69) is 37.4 Å². The lowest BCUT2D eigenvalue weighted by molar-refractivity contribution is -0.118. The quantitative estimate of drug-likeness (QED) is 0.771. The van der Waals surface area contributed by atoms with Gasteiger partial charge in [0.1, 0.15) is 0 Å². The van der Waals surface area contributed by atoms with E-state index in [-0.39, 0.29) is 5.91 Å². The molecule has 0 atom stereocenters. The summed E-state index contributed by atoms with van der Waals surface area (Å²) in [4.78, 5) is 14.1. The third-order valence-corrected chi connectivity index (χ3v) is 7.43. The highest BCUT2D eigenvalue weighted by Gasteiger charge is 2.24. The van der Waals surface area contributed by atoms with Gasteiger partial charge in [-0.1, -0.05) is 66.8 Å². The van der Waals surface area contributed by atoms with E-state index in [1.165, 1.54) is 5.19 Å². The molecule has 2 aromatic rings. The summed E-state index contributed by atoms with van der Waals surface area (Å²) in [6, 6.07) is 21.4. The van der Waals surface area contributed by atoms with Gasteiger partial charge >= 0.3 is 0 Å². The molecule has 110 valence electrons. The molecule has 2 nitrogen and oxygen atoms in total. The number of para-hydroxylation sites is 1. The lowest BCUT2D eigenvalue weighted by Gasteiger charge is -2.24. The summed E-state index contributed by atoms with van der Waals surface area (Å²) >= 11 is 0. The lowest BCUT2D eigenvalue weighted by atomic mass is 10.3. The summed E-state index contributed by atoms with van der Waals surface area (Å²) in [6.45, 7) is 4.66. The zero-order valence-corrected chi connectivity index (χ0v) is 14.0. The zero-order valence-electron chi connectivity index (χ0n) is 13.0. The maximum atomic E-state index is 12.4. The van der Waals surface area contributed by atoms with Crippen LogP contribution < -0.4 is 10.1 Å². The van der Waals surface area contributed by atoms with Crippen molar-refractivity contribution in [2.45, 2.75) is 25.6 Å². The molecule has 0 unspecified atom stereocenters. The molecule has 0 saturated carbocycles. The summed E-state index contributed by atoms with van der Waals surface area (Å²) < 4.78 is 0. The van der Waals surface area contributed by atoms with Crippen molar-refractivity contribution >= 4 is 24.9 Å². The molecular weight excluding hydrogens is 274 g/mol. The second-order valence-electron chi connectivity index (χ2n) is 6.04. The molecule has 0 fully saturated rings. The number of rotatable bonds is 5. The van der Waals surface area contributed by atoms with E-state index in [0.29, 0.717) is 6.42 Å². The molecule has 3 heteroatoms. The molecule has 0 heterocycles. The minimum Gasteiger partial charge on any atom is -0.316 e. The number of benzene rings is 2. The molecule has 0 saturated heterocycles. The standard InChI is InChI=1S/C18H23NOSi/c1-19(16-10-6-4-7-11-16)18(20)14-15-21(2,3)17-12-8-5-9-13-17/h4-13H,14-15H2,1-3H3. The molecule has 0 aliphatic heterocycles. The van der Waals surface area contributed by atoms with Crippen LogP contribution in [0.2, 0.25) is 19.1 Å². The van der Waals surface area contributed by atoms with Crippen molar-refractivity contribution in [3.63, 3.8) is 0 Å². The molecule has 0 radical (unpaired) electrons. The van der Waals surface area contributed by atoms with Gasteiger partial charge in [0.2, 0.25) is 5.91 Å². The van der Waals surface area contributed by atoms with E-state index in [4.69, 9.17) is 0 Å². The Morgan fingerprint density at radius 3 is 2.05 bits per heavy atom. The first-order valence-corrected chi connectivity index (χ1v) is 10.6. The van der Waals surface area contributed by atoms with Crippen molar-refractivity contribution in [1.29, 1.82) is 0 Å². The third-order valence-electron chi connectivity index (χ3n) is 4.04. The number of nitrogens with zero attached hydrogens (tertiary/aromatic N) is 1. The van der Waals surface area contributed by atoms with Gasteiger partial charge in [-0.05, 0) is 18.2 Å². The second-order valence-corrected chi connectivity index (χ2v) is 10.9. The molecule has 0 aliphatic carbocycles. The molecule has 21 heavy (non-hydrogen) atoms. The van der Waals surface area contributed by atoms with Crippen LogP contribution >= 0.6 is 0 Å². The molecule has 2 aromatic carbocycles. The Morgan fingerprint density at radius 1 is 0.952 bits per heavy atom. The van der Waals surface area contributed by atoms with Crippen LogP contribution in [-0.4, -0.2) is 21.0 Å². The van der Waals surface area contributed by atoms with Crippen LogP contribution in [0.3, 0.4) is 0 Å². The van der Waals surface area contributed by atoms with Gasteiger partial charge in [0.25, 0.3) is 0 Å². The second kappa shape index (κ2) is 6.72. The zero-order chi connectivity index (χ0) is 15.3. The number of hydrogen-bond donors (Lipinski definition) is 0. The molecule has 0 bridgehead atoms. The minimum atomic E-state index is -1.54. The number of carbonyl (C=O) groups excluding carboxylic acids is 1. The topological polar surface area (TPSA) is 20.3 Å². The van der Waals surface area contributed by atoms with Gasteiger partial charge in [-0.25, -0.2) is 0 Å². The first-order chi connectivity index (χ1) is 10.0. The van der Waals surface area contributed by atoms with Gasteiger partial charge < -0.3 is 4.90 Å². The minimum absolute atomic E-state index is 0.192. The normalized spacial score (nSPS) is 11.2. The highest BCUT2D eigenvalue weighted by atomic mass is 28.3. The number of hydrogen-bond acceptors (Lipinski definition) is 1. The fourth-order valence-electron chi connectivity index (χ4n) is 2.42. The van der Waals surface area contributed by atoms with Crippen LogP contribution in [0, 0.1) is 0 Å². The van der Waals surface area contributed by atoms with E-state index in [1.54, 1.807) is 4.90 Å². The Bertz CT molecular complexity index is 581. The van der Waals surface area contributed by atoms with Crippen molar-refractivity contribution in [1.82, 2.24) is 0 Å². The maximum Gasteiger partial charge on any atom is 0.226 e. The largest absolute Gasteiger partial charge is 0.316 e. The van der Waals surface area contributed by atoms with E-state index in [0.717, 1.165) is 11.7 Å². The van der Waals surface area contributed by atoms with E-state index >= 15 is 0 Å². The van der Waals surface area contributed by atoms with Gasteiger partial charge in [0.15, 0.2) is 0 Å². The molecule has 0 spiro atoms. The van der Waals surface area contributed by atoms with Crippen molar-refractivity contribution in [3.05, 3.63) is 60.7 Å². The Balaban J connectivity index is 1.98. The summed E-state index contributed by atoms with van der Waals surface area (Å²) in [6.07, 6.45) is 0.611. The lowest BCUT2D eigenvalue weighted by Crippen LogP contribution is -2.42. The average molecular weight is 297 g/mol. The van der Waals surface area contributed by atoms with Crippen molar-refractivity contribution in [3.8, 4) is 0 Å². The van der Waals surface area contributed by atoms with Gasteiger partial charge in [0.05, 0.1) is 8.07 Å². The van der Waals surface area contributed by atoms with E-state index in [9.17, 15) is 4.79 Å². The summed E-state index contributed by atoms with van der Waals surface area (Å²) in [5.74, 6) is 0.192. The molecule has 2 rings (SSSR count). The number of anilines is 1. The number of carbonyl (C=O) groups is 1. The first kappa shape index (κ1) is 15.5. The summed E-state index contributed by atoms with van der Waals surface area (Å²) in [5.41, 5.74) is 0.960. The van der Waals surface area contributed by atoms with Crippen LogP contribution in [0.15, 0.2) is 60.7 Å². The predicted octanol–water partition coefficient (Wildman–Crippen LogP) is 3.66. The molecule has 0 aliphatic rings. The Kier molecular flexibility index (Phi) is 4.97. The first-order valence-electron chi connectivity index (χ1n) is 7.38. The van der Waals surface area contributed by atoms with Gasteiger partial charge in [-0.3, -0.25) is 4.79 Å². The van der Waals surface area contributed by atoms with Crippen molar-refractivity contribution < 1.29 is 4.79 Å². The van der Waals surface area contributed by atoms with E-state index < -0.39 is 8.07 Å². The van der Waals surface area contributed by atoms with Crippen LogP contribution in [0.1, 0.15) is 6.42 Å². The van der Waals surface area contributed by atoms with Crippen LogP contribution in [0.25, 0.3) is 0 Å². The number of amides is 1. The van der Waals surface area contributed by atoms with Gasteiger partial charge in [0, 0.05) is 19.2 Å². The fourth-order valence-corrected chi connectivity index (χ4v) is 4.64. The van der Waals surface area contributed by atoms with E-state index in [1.807, 2.05) is 43.4 Å². The monoisotopic (exact) mass is 297 g/mol. The predicted molar refractivity (Wildman–Crippen MR) is 92.8 cm³/mol. The maximum absolute atomic E-state index is 12.4. The summed E-state index contributed by atoms with van der Waals surface area (Å²) in [7, 11) is 0.319. The molecule has 1 amide bonds. The molecular formula is C18H23NOSi. The van der Waals surface area contributed by atoms with Gasteiger partial charge in [-0.2, -0.15) is 0 Å². The van der Waals surface area contributed by atoms with Crippen molar-refractivity contribution in [2.75, 3.05) is 11.9 Å². The van der Waals surface area contributed by atoms with Gasteiger partial charge in [-0.15, -0.1) is 0 Å². The average Bonchev–Trinajstić information content (AvgIpc) is 2.53. The SMILES string of the molecule is CN(C(=O)CC[Si](C)(C)c1ccccc1)c1ccccc1. The third kappa shape index (κ3) is 4.05. The molecule has 0 N–H and O–H groups in total. The van der Waals surface area contributed by atoms with Crippen molar-refractivity contribution in [2.24, 2.45) is 0 Å². The highest BCUT2D eigenvalue weighted by molar-refractivity contribution is 6.89. The Hall–Kier alpha value is -1.87. The van der Waals surface area contributed by atoms with Crippen LogP contribution in [0.5, 0.6) is 0 Å². The molecule has 0 aromatic heterocycles. The van der Waals surface area contributed by atoms with Crippen LogP contribution in [0.4, 0.5) is 5.69 Å². The van der Waals surface area contributed by atoms with Crippen LogP contribution in [-0.2, 0) is 4.79 Å². The fraction of sp³-hybridized carbons (Fsp3) is 0.278. The summed E-state index contributed by atoms with van der Waals surface area (Å²) in [5, 5.41) is 1.42. The highest BCUT2D eigenvalue weighted by Crippen LogP contribution is 2.17. The Morgan fingerprint density at radius 2 is 1.48 bits per heavy atom. The Labute approximate surface area is 128 Å². The smallest absolute Gasteiger partial charge is 0.226 e.